The smallest absolute Gasteiger partial charge is 0.221 e. The lowest BCUT2D eigenvalue weighted by Gasteiger charge is -2.22. The van der Waals surface area contributed by atoms with Crippen molar-refractivity contribution in [3.05, 3.63) is 28.2 Å². The van der Waals surface area contributed by atoms with Crippen molar-refractivity contribution in [2.24, 2.45) is 0 Å². The predicted octanol–water partition coefficient (Wildman–Crippen LogP) is 2.08. The van der Waals surface area contributed by atoms with Gasteiger partial charge in [0.15, 0.2) is 0 Å². The second kappa shape index (κ2) is 5.71. The molecule has 1 heterocycles. The van der Waals surface area contributed by atoms with E-state index < -0.39 is 0 Å². The normalized spacial score (nSPS) is 20.8. The summed E-state index contributed by atoms with van der Waals surface area (Å²) in [4.78, 5) is 11.2. The van der Waals surface area contributed by atoms with Crippen LogP contribution in [0.15, 0.2) is 22.7 Å². The van der Waals surface area contributed by atoms with E-state index in [1.54, 1.807) is 6.07 Å². The molecular formula is C13H17BrN2O2. The number of halogens is 1. The molecule has 0 radical (unpaired) electrons. The molecule has 0 aliphatic carbocycles. The zero-order valence-electron chi connectivity index (χ0n) is 10.2. The van der Waals surface area contributed by atoms with Crippen LogP contribution in [0.3, 0.4) is 0 Å². The van der Waals surface area contributed by atoms with Crippen LogP contribution in [0.4, 0.5) is 0 Å². The maximum absolute atomic E-state index is 11.2. The van der Waals surface area contributed by atoms with Gasteiger partial charge in [-0.1, -0.05) is 22.9 Å². The van der Waals surface area contributed by atoms with Crippen molar-refractivity contribution in [1.29, 1.82) is 0 Å². The van der Waals surface area contributed by atoms with Gasteiger partial charge in [0.1, 0.15) is 5.75 Å². The SMILES string of the molecule is CCC(NC1CNC(=O)C1)c1cc(Br)ccc1O. The van der Waals surface area contributed by atoms with Crippen LogP contribution in [0.1, 0.15) is 31.4 Å². The van der Waals surface area contributed by atoms with Gasteiger partial charge in [-0.25, -0.2) is 0 Å². The van der Waals surface area contributed by atoms with Crippen LogP contribution in [-0.4, -0.2) is 23.6 Å². The van der Waals surface area contributed by atoms with E-state index in [2.05, 4.69) is 33.5 Å². The number of carbonyl (C=O) groups is 1. The van der Waals surface area contributed by atoms with E-state index in [1.807, 2.05) is 12.1 Å². The first-order valence-electron chi connectivity index (χ1n) is 6.11. The van der Waals surface area contributed by atoms with E-state index in [-0.39, 0.29) is 23.7 Å². The Morgan fingerprint density at radius 2 is 2.39 bits per heavy atom. The van der Waals surface area contributed by atoms with Crippen molar-refractivity contribution in [2.45, 2.75) is 31.8 Å². The third-order valence-corrected chi connectivity index (χ3v) is 3.68. The second-order valence-corrected chi connectivity index (χ2v) is 5.45. The molecule has 1 fully saturated rings. The van der Waals surface area contributed by atoms with Gasteiger partial charge in [-0.05, 0) is 24.6 Å². The summed E-state index contributed by atoms with van der Waals surface area (Å²) >= 11 is 3.41. The highest BCUT2D eigenvalue weighted by Gasteiger charge is 2.25. The number of nitrogens with one attached hydrogen (secondary N) is 2. The minimum atomic E-state index is 0.0557. The maximum Gasteiger partial charge on any atom is 0.221 e. The number of aromatic hydroxyl groups is 1. The van der Waals surface area contributed by atoms with Crippen molar-refractivity contribution in [2.75, 3.05) is 6.54 Å². The molecule has 0 spiro atoms. The first-order chi connectivity index (χ1) is 8.60. The Morgan fingerprint density at radius 1 is 1.61 bits per heavy atom. The van der Waals surface area contributed by atoms with Gasteiger partial charge >= 0.3 is 0 Å². The fraction of sp³-hybridized carbons (Fsp3) is 0.462. The van der Waals surface area contributed by atoms with Crippen LogP contribution in [0.25, 0.3) is 0 Å². The highest BCUT2D eigenvalue weighted by molar-refractivity contribution is 9.10. The van der Waals surface area contributed by atoms with Crippen LogP contribution < -0.4 is 10.6 Å². The lowest BCUT2D eigenvalue weighted by Crippen LogP contribution is -2.34. The van der Waals surface area contributed by atoms with Gasteiger partial charge in [-0.2, -0.15) is 0 Å². The molecule has 3 N–H and O–H groups in total. The third-order valence-electron chi connectivity index (χ3n) is 3.19. The fourth-order valence-corrected chi connectivity index (χ4v) is 2.62. The minimum absolute atomic E-state index is 0.0557. The van der Waals surface area contributed by atoms with Gasteiger partial charge < -0.3 is 15.7 Å². The highest BCUT2D eigenvalue weighted by atomic mass is 79.9. The summed E-state index contributed by atoms with van der Waals surface area (Å²) in [6.07, 6.45) is 1.36. The van der Waals surface area contributed by atoms with Gasteiger partial charge in [0, 0.05) is 35.1 Å². The highest BCUT2D eigenvalue weighted by Crippen LogP contribution is 2.30. The maximum atomic E-state index is 11.2. The number of benzene rings is 1. The van der Waals surface area contributed by atoms with Gasteiger partial charge in [0.2, 0.25) is 5.91 Å². The minimum Gasteiger partial charge on any atom is -0.508 e. The van der Waals surface area contributed by atoms with Crippen molar-refractivity contribution >= 4 is 21.8 Å². The summed E-state index contributed by atoms with van der Waals surface area (Å²) < 4.78 is 0.941. The largest absolute Gasteiger partial charge is 0.508 e. The number of rotatable bonds is 4. The Morgan fingerprint density at radius 3 is 3.00 bits per heavy atom. The molecule has 1 aromatic carbocycles. The van der Waals surface area contributed by atoms with E-state index >= 15 is 0 Å². The number of hydrogen-bond donors (Lipinski definition) is 3. The van der Waals surface area contributed by atoms with Crippen molar-refractivity contribution in [3.8, 4) is 5.75 Å². The zero-order chi connectivity index (χ0) is 13.1. The molecule has 0 aromatic heterocycles. The molecule has 1 aliphatic heterocycles. The Kier molecular flexibility index (Phi) is 4.24. The summed E-state index contributed by atoms with van der Waals surface area (Å²) in [7, 11) is 0. The average Bonchev–Trinajstić information content (AvgIpc) is 2.75. The molecule has 2 atom stereocenters. The van der Waals surface area contributed by atoms with E-state index in [4.69, 9.17) is 0 Å². The van der Waals surface area contributed by atoms with Crippen molar-refractivity contribution in [3.63, 3.8) is 0 Å². The molecule has 98 valence electrons. The number of phenols is 1. The molecule has 5 heteroatoms. The van der Waals surface area contributed by atoms with Crippen LogP contribution in [0.5, 0.6) is 5.75 Å². The fourth-order valence-electron chi connectivity index (χ4n) is 2.24. The van der Waals surface area contributed by atoms with Crippen LogP contribution in [0, 0.1) is 0 Å². The molecule has 4 nitrogen and oxygen atoms in total. The summed E-state index contributed by atoms with van der Waals surface area (Å²) in [5.41, 5.74) is 0.867. The van der Waals surface area contributed by atoms with Crippen LogP contribution in [0.2, 0.25) is 0 Å². The molecule has 1 aliphatic rings. The van der Waals surface area contributed by atoms with E-state index in [0.717, 1.165) is 16.5 Å². The van der Waals surface area contributed by atoms with Gasteiger partial charge in [-0.15, -0.1) is 0 Å². The summed E-state index contributed by atoms with van der Waals surface area (Å²) in [5.74, 6) is 0.371. The Hall–Kier alpha value is -1.07. The first-order valence-corrected chi connectivity index (χ1v) is 6.90. The molecule has 0 saturated carbocycles. The van der Waals surface area contributed by atoms with Gasteiger partial charge in [-0.3, -0.25) is 4.79 Å². The molecule has 1 saturated heterocycles. The quantitative estimate of drug-likeness (QED) is 0.797. The average molecular weight is 313 g/mol. The first kappa shape index (κ1) is 13.4. The summed E-state index contributed by atoms with van der Waals surface area (Å²) in [6, 6.07) is 5.61. The van der Waals surface area contributed by atoms with Crippen molar-refractivity contribution < 1.29 is 9.90 Å². The van der Waals surface area contributed by atoms with Crippen LogP contribution in [-0.2, 0) is 4.79 Å². The van der Waals surface area contributed by atoms with E-state index in [9.17, 15) is 9.90 Å². The Labute approximate surface area is 115 Å². The molecule has 1 amide bonds. The topological polar surface area (TPSA) is 61.4 Å². The molecule has 2 rings (SSSR count). The molecule has 0 bridgehead atoms. The van der Waals surface area contributed by atoms with E-state index in [1.165, 1.54) is 0 Å². The van der Waals surface area contributed by atoms with Crippen LogP contribution >= 0.6 is 15.9 Å². The number of carbonyl (C=O) groups excluding carboxylic acids is 1. The Balaban J connectivity index is 2.12. The molecular weight excluding hydrogens is 296 g/mol. The molecule has 1 aromatic rings. The summed E-state index contributed by atoms with van der Waals surface area (Å²) in [5, 5.41) is 16.1. The third kappa shape index (κ3) is 3.03. The molecule has 18 heavy (non-hydrogen) atoms. The number of hydrogen-bond acceptors (Lipinski definition) is 3. The lowest BCUT2D eigenvalue weighted by molar-refractivity contribution is -0.119. The summed E-state index contributed by atoms with van der Waals surface area (Å²) in [6.45, 7) is 2.71. The van der Waals surface area contributed by atoms with Gasteiger partial charge in [0.25, 0.3) is 0 Å². The predicted molar refractivity (Wildman–Crippen MR) is 73.4 cm³/mol. The monoisotopic (exact) mass is 312 g/mol. The second-order valence-electron chi connectivity index (χ2n) is 4.54. The zero-order valence-corrected chi connectivity index (χ0v) is 11.8. The molecule has 2 unspecified atom stereocenters. The standard InChI is InChI=1S/C13H17BrN2O2/c1-2-11(16-9-6-13(18)15-7-9)10-5-8(14)3-4-12(10)17/h3-5,9,11,16-17H,2,6-7H2,1H3,(H,15,18). The number of amides is 1. The lowest BCUT2D eigenvalue weighted by atomic mass is 10.0. The van der Waals surface area contributed by atoms with E-state index in [0.29, 0.717) is 13.0 Å². The Bertz CT molecular complexity index is 451. The van der Waals surface area contributed by atoms with Crippen molar-refractivity contribution in [1.82, 2.24) is 10.6 Å². The number of phenolic OH excluding ortho intramolecular Hbond substituents is 1. The van der Waals surface area contributed by atoms with Gasteiger partial charge in [0.05, 0.1) is 0 Å².